The molecule has 1 heterocycles. The molecule has 0 atom stereocenters. The fourth-order valence-corrected chi connectivity index (χ4v) is 2.74. The zero-order valence-corrected chi connectivity index (χ0v) is 13.4. The van der Waals surface area contributed by atoms with Crippen molar-refractivity contribution in [3.05, 3.63) is 53.9 Å². The van der Waals surface area contributed by atoms with Gasteiger partial charge >= 0.3 is 6.18 Å². The maximum Gasteiger partial charge on any atom is 0.416 e. The minimum atomic E-state index is -4.40. The van der Waals surface area contributed by atoms with E-state index in [2.05, 4.69) is 4.98 Å². The molecule has 0 aliphatic heterocycles. The van der Waals surface area contributed by atoms with Gasteiger partial charge in [-0.25, -0.2) is 4.98 Å². The number of hydrogen-bond donors (Lipinski definition) is 0. The van der Waals surface area contributed by atoms with Gasteiger partial charge in [-0.2, -0.15) is 13.2 Å². The molecule has 0 aliphatic carbocycles. The summed E-state index contributed by atoms with van der Waals surface area (Å²) in [4.78, 5) is 18.7. The Morgan fingerprint density at radius 2 is 1.87 bits per heavy atom. The summed E-state index contributed by atoms with van der Waals surface area (Å²) >= 11 is 1.49. The van der Waals surface area contributed by atoms with Crippen LogP contribution in [0.15, 0.2) is 47.5 Å². The number of carbonyl (C=O) groups is 1. The van der Waals surface area contributed by atoms with E-state index < -0.39 is 11.7 Å². The molecule has 7 heteroatoms. The van der Waals surface area contributed by atoms with E-state index >= 15 is 0 Å². The van der Waals surface area contributed by atoms with E-state index in [-0.39, 0.29) is 5.91 Å². The quantitative estimate of drug-likeness (QED) is 0.769. The third kappa shape index (κ3) is 4.04. The molecule has 0 radical (unpaired) electrons. The molecule has 3 nitrogen and oxygen atoms in total. The van der Waals surface area contributed by atoms with Crippen molar-refractivity contribution in [3.63, 3.8) is 0 Å². The number of alkyl halides is 3. The number of carbonyl (C=O) groups excluding carboxylic acids is 1. The van der Waals surface area contributed by atoms with Gasteiger partial charge in [0.1, 0.15) is 5.69 Å². The van der Waals surface area contributed by atoms with Crippen LogP contribution in [0, 0.1) is 0 Å². The average molecular weight is 340 g/mol. The molecule has 0 N–H and O–H groups in total. The predicted molar refractivity (Wildman–Crippen MR) is 84.8 cm³/mol. The molecule has 1 aromatic heterocycles. The molecule has 1 amide bonds. The molecule has 1 aromatic carbocycles. The van der Waals surface area contributed by atoms with Crippen molar-refractivity contribution in [1.29, 1.82) is 0 Å². The van der Waals surface area contributed by atoms with Crippen LogP contribution in [-0.4, -0.2) is 23.7 Å². The zero-order chi connectivity index (χ0) is 17.0. The lowest BCUT2D eigenvalue weighted by atomic mass is 10.2. The van der Waals surface area contributed by atoms with Gasteiger partial charge in [-0.3, -0.25) is 4.79 Å². The van der Waals surface area contributed by atoms with Crippen LogP contribution in [-0.2, 0) is 6.18 Å². The van der Waals surface area contributed by atoms with E-state index in [0.29, 0.717) is 11.4 Å². The molecule has 2 aromatic rings. The van der Waals surface area contributed by atoms with E-state index in [1.54, 1.807) is 12.1 Å². The molecule has 0 aliphatic rings. The minimum Gasteiger partial charge on any atom is -0.310 e. The number of amides is 1. The number of aromatic nitrogens is 1. The number of benzene rings is 1. The molecule has 0 bridgehead atoms. The van der Waals surface area contributed by atoms with E-state index in [0.717, 1.165) is 22.8 Å². The predicted octanol–water partition coefficient (Wildman–Crippen LogP) is 4.49. The van der Waals surface area contributed by atoms with Crippen LogP contribution in [0.25, 0.3) is 0 Å². The highest BCUT2D eigenvalue weighted by atomic mass is 32.2. The molecule has 2 rings (SSSR count). The smallest absolute Gasteiger partial charge is 0.310 e. The van der Waals surface area contributed by atoms with Crippen molar-refractivity contribution in [1.82, 2.24) is 4.98 Å². The summed E-state index contributed by atoms with van der Waals surface area (Å²) in [7, 11) is 1.51. The molecule has 0 spiro atoms. The average Bonchev–Trinajstić information content (AvgIpc) is 2.54. The van der Waals surface area contributed by atoms with Gasteiger partial charge in [0.25, 0.3) is 5.91 Å². The molecule has 122 valence electrons. The van der Waals surface area contributed by atoms with Gasteiger partial charge in [-0.1, -0.05) is 6.92 Å². The Labute approximate surface area is 136 Å². The SMILES string of the molecule is CCSc1cccnc1C(=O)N(C)c1ccc(C(F)(F)F)cc1. The molecule has 0 saturated carbocycles. The third-order valence-corrected chi connectivity index (χ3v) is 4.09. The number of hydrogen-bond acceptors (Lipinski definition) is 3. The number of nitrogens with zero attached hydrogens (tertiary/aromatic N) is 2. The molecule has 0 fully saturated rings. The van der Waals surface area contributed by atoms with Crippen molar-refractivity contribution in [2.45, 2.75) is 18.0 Å². The summed E-state index contributed by atoms with van der Waals surface area (Å²) < 4.78 is 37.8. The number of pyridine rings is 1. The lowest BCUT2D eigenvalue weighted by Gasteiger charge is -2.19. The van der Waals surface area contributed by atoms with Crippen LogP contribution in [0.5, 0.6) is 0 Å². The van der Waals surface area contributed by atoms with Crippen molar-refractivity contribution in [2.24, 2.45) is 0 Å². The van der Waals surface area contributed by atoms with Crippen molar-refractivity contribution >= 4 is 23.4 Å². The lowest BCUT2D eigenvalue weighted by Crippen LogP contribution is -2.27. The van der Waals surface area contributed by atoms with E-state index in [9.17, 15) is 18.0 Å². The first-order chi connectivity index (χ1) is 10.8. The molecular weight excluding hydrogens is 325 g/mol. The highest BCUT2D eigenvalue weighted by Crippen LogP contribution is 2.31. The van der Waals surface area contributed by atoms with Gasteiger partial charge in [0.2, 0.25) is 0 Å². The summed E-state index contributed by atoms with van der Waals surface area (Å²) in [6, 6.07) is 8.01. The Morgan fingerprint density at radius 3 is 2.43 bits per heavy atom. The second-order valence-corrected chi connectivity index (χ2v) is 6.00. The van der Waals surface area contributed by atoms with Crippen molar-refractivity contribution in [2.75, 3.05) is 17.7 Å². The van der Waals surface area contributed by atoms with Crippen LogP contribution in [0.3, 0.4) is 0 Å². The Bertz CT molecular complexity index is 686. The molecule has 23 heavy (non-hydrogen) atoms. The maximum atomic E-state index is 12.6. The highest BCUT2D eigenvalue weighted by molar-refractivity contribution is 7.99. The van der Waals surface area contributed by atoms with Crippen LogP contribution in [0.2, 0.25) is 0 Å². The summed E-state index contributed by atoms with van der Waals surface area (Å²) in [6.07, 6.45) is -2.87. The van der Waals surface area contributed by atoms with Gasteiger partial charge in [0.05, 0.1) is 5.56 Å². The lowest BCUT2D eigenvalue weighted by molar-refractivity contribution is -0.137. The largest absolute Gasteiger partial charge is 0.416 e. The monoisotopic (exact) mass is 340 g/mol. The zero-order valence-electron chi connectivity index (χ0n) is 12.6. The van der Waals surface area contributed by atoms with Crippen LogP contribution >= 0.6 is 11.8 Å². The number of rotatable bonds is 4. The van der Waals surface area contributed by atoms with Crippen LogP contribution in [0.1, 0.15) is 23.0 Å². The van der Waals surface area contributed by atoms with Gasteiger partial charge < -0.3 is 4.90 Å². The summed E-state index contributed by atoms with van der Waals surface area (Å²) in [6.45, 7) is 1.96. The summed E-state index contributed by atoms with van der Waals surface area (Å²) in [5.74, 6) is 0.428. The summed E-state index contributed by atoms with van der Waals surface area (Å²) in [5.41, 5.74) is -0.0787. The van der Waals surface area contributed by atoms with Crippen molar-refractivity contribution in [3.8, 4) is 0 Å². The fraction of sp³-hybridized carbons (Fsp3) is 0.250. The van der Waals surface area contributed by atoms with Gasteiger partial charge in [-0.05, 0) is 42.2 Å². The van der Waals surface area contributed by atoms with Crippen LogP contribution in [0.4, 0.5) is 18.9 Å². The van der Waals surface area contributed by atoms with Gasteiger partial charge in [0, 0.05) is 23.8 Å². The Kier molecular flexibility index (Phi) is 5.30. The standard InChI is InChI=1S/C16H15F3N2OS/c1-3-23-13-5-4-10-20-14(13)15(22)21(2)12-8-6-11(7-9-12)16(17,18)19/h4-10H,3H2,1-2H3. The Balaban J connectivity index is 2.26. The second kappa shape index (κ2) is 7.04. The first kappa shape index (κ1) is 17.3. The normalized spacial score (nSPS) is 11.3. The van der Waals surface area contributed by atoms with Gasteiger partial charge in [0.15, 0.2) is 0 Å². The molecular formula is C16H15F3N2OS. The third-order valence-electron chi connectivity index (χ3n) is 3.16. The highest BCUT2D eigenvalue weighted by Gasteiger charge is 2.30. The summed E-state index contributed by atoms with van der Waals surface area (Å²) in [5, 5.41) is 0. The molecule has 0 saturated heterocycles. The van der Waals surface area contributed by atoms with E-state index in [1.165, 1.54) is 42.0 Å². The minimum absolute atomic E-state index is 0.293. The van der Waals surface area contributed by atoms with Crippen LogP contribution < -0.4 is 4.90 Å². The number of anilines is 1. The first-order valence-electron chi connectivity index (χ1n) is 6.87. The number of halogens is 3. The Hall–Kier alpha value is -2.02. The van der Waals surface area contributed by atoms with E-state index in [1.807, 2.05) is 6.92 Å². The van der Waals surface area contributed by atoms with Gasteiger partial charge in [-0.15, -0.1) is 11.8 Å². The first-order valence-corrected chi connectivity index (χ1v) is 7.86. The van der Waals surface area contributed by atoms with Crippen molar-refractivity contribution < 1.29 is 18.0 Å². The Morgan fingerprint density at radius 1 is 1.22 bits per heavy atom. The second-order valence-electron chi connectivity index (χ2n) is 4.69. The number of thioether (sulfide) groups is 1. The maximum absolute atomic E-state index is 12.6. The fourth-order valence-electron chi connectivity index (χ4n) is 1.97. The topological polar surface area (TPSA) is 33.2 Å². The molecule has 0 unspecified atom stereocenters. The van der Waals surface area contributed by atoms with E-state index in [4.69, 9.17) is 0 Å².